The van der Waals surface area contributed by atoms with Crippen molar-refractivity contribution in [2.24, 2.45) is 0 Å². The fourth-order valence-corrected chi connectivity index (χ4v) is 3.84. The van der Waals surface area contributed by atoms with Crippen molar-refractivity contribution in [1.29, 1.82) is 0 Å². The molecule has 0 unspecified atom stereocenters. The standard InChI is InChI=1S/C18H19F3N2O4S/c19-18(20,21)27-16-2-1-3-17(12-16)28(24,25)22-15-6-4-14(5-7-15)13-23-8-10-26-11-9-23/h1-7,12,22H,8-11,13H2. The lowest BCUT2D eigenvalue weighted by atomic mass is 10.2. The maximum Gasteiger partial charge on any atom is 0.573 e. The summed E-state index contributed by atoms with van der Waals surface area (Å²) < 4.78 is 73.3. The summed E-state index contributed by atoms with van der Waals surface area (Å²) in [6, 6.07) is 11.1. The number of hydrogen-bond donors (Lipinski definition) is 1. The molecule has 1 aliphatic rings. The zero-order chi connectivity index (χ0) is 20.2. The van der Waals surface area contributed by atoms with Gasteiger partial charge in [-0.25, -0.2) is 8.42 Å². The molecule has 1 heterocycles. The van der Waals surface area contributed by atoms with Crippen LogP contribution in [-0.2, 0) is 21.3 Å². The molecule has 6 nitrogen and oxygen atoms in total. The van der Waals surface area contributed by atoms with Crippen molar-refractivity contribution in [3.63, 3.8) is 0 Å². The van der Waals surface area contributed by atoms with Gasteiger partial charge in [0.2, 0.25) is 0 Å². The molecule has 0 aliphatic carbocycles. The summed E-state index contributed by atoms with van der Waals surface area (Å²) in [6.07, 6.45) is -4.90. The summed E-state index contributed by atoms with van der Waals surface area (Å²) in [5.41, 5.74) is 1.33. The van der Waals surface area contributed by atoms with E-state index in [1.54, 1.807) is 24.3 Å². The highest BCUT2D eigenvalue weighted by molar-refractivity contribution is 7.92. The summed E-state index contributed by atoms with van der Waals surface area (Å²) in [4.78, 5) is 1.90. The second-order valence-corrected chi connectivity index (χ2v) is 7.90. The van der Waals surface area contributed by atoms with Gasteiger partial charge in [0.25, 0.3) is 10.0 Å². The lowest BCUT2D eigenvalue weighted by Crippen LogP contribution is -2.35. The van der Waals surface area contributed by atoms with Crippen molar-refractivity contribution < 1.29 is 31.1 Å². The first-order chi connectivity index (χ1) is 13.2. The minimum absolute atomic E-state index is 0.313. The Bertz CT molecular complexity index is 896. The fourth-order valence-electron chi connectivity index (χ4n) is 2.75. The summed E-state index contributed by atoms with van der Waals surface area (Å²) in [7, 11) is -4.06. The van der Waals surface area contributed by atoms with E-state index in [2.05, 4.69) is 14.4 Å². The number of rotatable bonds is 6. The van der Waals surface area contributed by atoms with E-state index in [1.807, 2.05) is 0 Å². The predicted octanol–water partition coefficient (Wildman–Crippen LogP) is 3.22. The molecule has 0 radical (unpaired) electrons. The summed E-state index contributed by atoms with van der Waals surface area (Å²) in [5, 5.41) is 0. The van der Waals surface area contributed by atoms with Gasteiger partial charge in [0.15, 0.2) is 0 Å². The SMILES string of the molecule is O=S(=O)(Nc1ccc(CN2CCOCC2)cc1)c1cccc(OC(F)(F)F)c1. The van der Waals surface area contributed by atoms with Crippen LogP contribution in [0.1, 0.15) is 5.56 Å². The number of morpholine rings is 1. The molecular formula is C18H19F3N2O4S. The van der Waals surface area contributed by atoms with Crippen LogP contribution in [0.15, 0.2) is 53.4 Å². The third kappa shape index (κ3) is 5.85. The van der Waals surface area contributed by atoms with E-state index >= 15 is 0 Å². The summed E-state index contributed by atoms with van der Waals surface area (Å²) >= 11 is 0. The Balaban J connectivity index is 1.67. The molecule has 3 rings (SSSR count). The molecule has 0 atom stereocenters. The average Bonchev–Trinajstić information content (AvgIpc) is 2.63. The molecule has 0 spiro atoms. The lowest BCUT2D eigenvalue weighted by molar-refractivity contribution is -0.274. The van der Waals surface area contributed by atoms with Crippen LogP contribution in [0.2, 0.25) is 0 Å². The molecule has 0 saturated carbocycles. The smallest absolute Gasteiger partial charge is 0.406 e. The lowest BCUT2D eigenvalue weighted by Gasteiger charge is -2.26. The first-order valence-corrected chi connectivity index (χ1v) is 9.97. The number of alkyl halides is 3. The van der Waals surface area contributed by atoms with Crippen LogP contribution in [0.4, 0.5) is 18.9 Å². The van der Waals surface area contributed by atoms with Crippen molar-refractivity contribution in [2.75, 3.05) is 31.0 Å². The minimum Gasteiger partial charge on any atom is -0.406 e. The van der Waals surface area contributed by atoms with E-state index in [4.69, 9.17) is 4.74 Å². The monoisotopic (exact) mass is 416 g/mol. The van der Waals surface area contributed by atoms with Gasteiger partial charge in [-0.05, 0) is 29.8 Å². The van der Waals surface area contributed by atoms with Crippen molar-refractivity contribution in [3.8, 4) is 5.75 Å². The van der Waals surface area contributed by atoms with Gasteiger partial charge >= 0.3 is 6.36 Å². The zero-order valence-corrected chi connectivity index (χ0v) is 15.6. The van der Waals surface area contributed by atoms with Gasteiger partial charge in [-0.1, -0.05) is 18.2 Å². The molecule has 10 heteroatoms. The number of halogens is 3. The summed E-state index contributed by atoms with van der Waals surface area (Å²) in [6.45, 7) is 3.78. The number of anilines is 1. The fraction of sp³-hybridized carbons (Fsp3) is 0.333. The van der Waals surface area contributed by atoms with Crippen LogP contribution in [0, 0.1) is 0 Å². The van der Waals surface area contributed by atoms with E-state index < -0.39 is 22.1 Å². The average molecular weight is 416 g/mol. The van der Waals surface area contributed by atoms with E-state index in [-0.39, 0.29) is 4.90 Å². The molecule has 1 saturated heterocycles. The second kappa shape index (κ2) is 8.38. The van der Waals surface area contributed by atoms with Crippen LogP contribution >= 0.6 is 0 Å². The van der Waals surface area contributed by atoms with Crippen molar-refractivity contribution in [2.45, 2.75) is 17.8 Å². The van der Waals surface area contributed by atoms with Crippen molar-refractivity contribution in [1.82, 2.24) is 4.90 Å². The van der Waals surface area contributed by atoms with Crippen molar-refractivity contribution >= 4 is 15.7 Å². The first kappa shape index (κ1) is 20.4. The Morgan fingerprint density at radius 3 is 2.39 bits per heavy atom. The molecule has 1 fully saturated rings. The second-order valence-electron chi connectivity index (χ2n) is 6.21. The normalized spacial score (nSPS) is 16.0. The van der Waals surface area contributed by atoms with Gasteiger partial charge in [0.05, 0.1) is 18.1 Å². The topological polar surface area (TPSA) is 67.9 Å². The van der Waals surface area contributed by atoms with E-state index in [1.165, 1.54) is 12.1 Å². The third-order valence-electron chi connectivity index (χ3n) is 4.07. The van der Waals surface area contributed by atoms with Crippen LogP contribution < -0.4 is 9.46 Å². The number of nitrogens with one attached hydrogen (secondary N) is 1. The third-order valence-corrected chi connectivity index (χ3v) is 5.44. The Hall–Kier alpha value is -2.30. The maximum absolute atomic E-state index is 12.5. The number of hydrogen-bond acceptors (Lipinski definition) is 5. The number of sulfonamides is 1. The maximum atomic E-state index is 12.5. The molecule has 2 aromatic rings. The highest BCUT2D eigenvalue weighted by atomic mass is 32.2. The molecule has 0 aromatic heterocycles. The number of nitrogens with zero attached hydrogens (tertiary/aromatic N) is 1. The van der Waals surface area contributed by atoms with Crippen LogP contribution in [0.3, 0.4) is 0 Å². The van der Waals surface area contributed by atoms with E-state index in [9.17, 15) is 21.6 Å². The highest BCUT2D eigenvalue weighted by Crippen LogP contribution is 2.26. The molecule has 0 amide bonds. The predicted molar refractivity (Wildman–Crippen MR) is 96.5 cm³/mol. The van der Waals surface area contributed by atoms with Crippen LogP contribution in [0.5, 0.6) is 5.75 Å². The summed E-state index contributed by atoms with van der Waals surface area (Å²) in [5.74, 6) is -0.601. The van der Waals surface area contributed by atoms with Crippen LogP contribution in [0.25, 0.3) is 0 Å². The Morgan fingerprint density at radius 2 is 1.75 bits per heavy atom. The first-order valence-electron chi connectivity index (χ1n) is 8.49. The van der Waals surface area contributed by atoms with Crippen LogP contribution in [-0.4, -0.2) is 46.0 Å². The molecule has 1 aliphatic heterocycles. The Morgan fingerprint density at radius 1 is 1.07 bits per heavy atom. The van der Waals surface area contributed by atoms with Gasteiger partial charge in [-0.15, -0.1) is 13.2 Å². The molecular weight excluding hydrogens is 397 g/mol. The van der Waals surface area contributed by atoms with Crippen molar-refractivity contribution in [3.05, 3.63) is 54.1 Å². The van der Waals surface area contributed by atoms with Gasteiger partial charge in [0, 0.05) is 31.4 Å². The largest absolute Gasteiger partial charge is 0.573 e. The Kier molecular flexibility index (Phi) is 6.11. The molecule has 1 N–H and O–H groups in total. The molecule has 0 bridgehead atoms. The van der Waals surface area contributed by atoms with Gasteiger partial charge in [-0.3, -0.25) is 9.62 Å². The number of ether oxygens (including phenoxy) is 2. The molecule has 2 aromatic carbocycles. The zero-order valence-electron chi connectivity index (χ0n) is 14.8. The van der Waals surface area contributed by atoms with Gasteiger partial charge in [-0.2, -0.15) is 0 Å². The Labute approximate surface area is 160 Å². The van der Waals surface area contributed by atoms with Gasteiger partial charge in [0.1, 0.15) is 5.75 Å². The van der Waals surface area contributed by atoms with Gasteiger partial charge < -0.3 is 9.47 Å². The molecule has 152 valence electrons. The highest BCUT2D eigenvalue weighted by Gasteiger charge is 2.31. The quantitative estimate of drug-likeness (QED) is 0.783. The van der Waals surface area contributed by atoms with E-state index in [0.29, 0.717) is 18.9 Å². The van der Waals surface area contributed by atoms with E-state index in [0.717, 1.165) is 37.3 Å². The molecule has 28 heavy (non-hydrogen) atoms. The minimum atomic E-state index is -4.90. The number of benzene rings is 2.